The summed E-state index contributed by atoms with van der Waals surface area (Å²) in [4.78, 5) is 22.3. The molecule has 96 valence electrons. The quantitative estimate of drug-likeness (QED) is 0.371. The number of carbonyl (C=O) groups excluding carboxylic acids is 2. The summed E-state index contributed by atoms with van der Waals surface area (Å²) in [5.74, 6) is -1.12. The minimum absolute atomic E-state index is 0.204. The Bertz CT molecular complexity index is 251. The van der Waals surface area contributed by atoms with Gasteiger partial charge in [-0.15, -0.1) is 0 Å². The minimum atomic E-state index is -0.560. The van der Waals surface area contributed by atoms with Gasteiger partial charge in [-0.1, -0.05) is 38.2 Å². The molecule has 0 bridgehead atoms. The smallest absolute Gasteiger partial charge is 0.317 e. The summed E-state index contributed by atoms with van der Waals surface area (Å²) in [5.41, 5.74) is 0. The van der Waals surface area contributed by atoms with E-state index in [0.29, 0.717) is 0 Å². The van der Waals surface area contributed by atoms with Gasteiger partial charge in [-0.3, -0.25) is 9.59 Å². The summed E-state index contributed by atoms with van der Waals surface area (Å²) >= 11 is 0. The van der Waals surface area contributed by atoms with E-state index in [1.165, 1.54) is 0 Å². The summed E-state index contributed by atoms with van der Waals surface area (Å²) in [6.45, 7) is 4.38. The van der Waals surface area contributed by atoms with Gasteiger partial charge in [0.15, 0.2) is 0 Å². The van der Waals surface area contributed by atoms with Crippen LogP contribution in [0.3, 0.4) is 0 Å². The first-order chi connectivity index (χ1) is 8.20. The first-order valence-corrected chi connectivity index (χ1v) is 5.81. The molecule has 0 aliphatic rings. The molecule has 4 nitrogen and oxygen atoms in total. The summed E-state index contributed by atoms with van der Waals surface area (Å²) in [6.07, 6.45) is 8.72. The Morgan fingerprint density at radius 3 is 1.59 bits per heavy atom. The largest absolute Gasteiger partial charge is 0.461 e. The highest BCUT2D eigenvalue weighted by Gasteiger charge is 2.10. The normalized spacial score (nSPS) is 10.9. The van der Waals surface area contributed by atoms with E-state index in [-0.39, 0.29) is 19.6 Å². The van der Waals surface area contributed by atoms with Crippen LogP contribution in [0.15, 0.2) is 24.3 Å². The molecule has 0 aromatic heterocycles. The molecule has 4 heteroatoms. The van der Waals surface area contributed by atoms with E-state index >= 15 is 0 Å². The summed E-state index contributed by atoms with van der Waals surface area (Å²) in [6, 6.07) is 0. The highest BCUT2D eigenvalue weighted by Crippen LogP contribution is 1.93. The molecule has 0 aliphatic carbocycles. The van der Waals surface area contributed by atoms with Gasteiger partial charge in [0.1, 0.15) is 19.6 Å². The van der Waals surface area contributed by atoms with E-state index in [1.54, 1.807) is 12.2 Å². The van der Waals surface area contributed by atoms with Crippen LogP contribution in [0.5, 0.6) is 0 Å². The second kappa shape index (κ2) is 10.9. The zero-order chi connectivity index (χ0) is 12.9. The molecule has 0 saturated carbocycles. The van der Waals surface area contributed by atoms with Crippen molar-refractivity contribution in [2.45, 2.75) is 33.1 Å². The van der Waals surface area contributed by atoms with E-state index < -0.39 is 11.9 Å². The zero-order valence-electron chi connectivity index (χ0n) is 10.5. The molecular formula is C13H20O4. The third-order valence-electron chi connectivity index (χ3n) is 1.77. The fraction of sp³-hybridized carbons (Fsp3) is 0.538. The topological polar surface area (TPSA) is 52.6 Å². The van der Waals surface area contributed by atoms with Crippen molar-refractivity contribution in [2.24, 2.45) is 0 Å². The Kier molecular flexibility index (Phi) is 9.91. The Balaban J connectivity index is 3.62. The van der Waals surface area contributed by atoms with Gasteiger partial charge in [0, 0.05) is 0 Å². The van der Waals surface area contributed by atoms with Gasteiger partial charge in [0.2, 0.25) is 0 Å². The van der Waals surface area contributed by atoms with Crippen LogP contribution >= 0.6 is 0 Å². The molecule has 0 heterocycles. The predicted molar refractivity (Wildman–Crippen MR) is 65.4 cm³/mol. The lowest BCUT2D eigenvalue weighted by atomic mass is 10.4. The van der Waals surface area contributed by atoms with Crippen LogP contribution < -0.4 is 0 Å². The number of allylic oxidation sites excluding steroid dienone is 2. The number of esters is 2. The van der Waals surface area contributed by atoms with E-state index in [2.05, 4.69) is 0 Å². The molecule has 0 N–H and O–H groups in total. The summed E-state index contributed by atoms with van der Waals surface area (Å²) < 4.78 is 9.60. The van der Waals surface area contributed by atoms with E-state index in [0.717, 1.165) is 12.8 Å². The number of hydrogen-bond acceptors (Lipinski definition) is 4. The molecule has 0 radical (unpaired) electrons. The third kappa shape index (κ3) is 10.7. The van der Waals surface area contributed by atoms with Gasteiger partial charge in [-0.2, -0.15) is 0 Å². The average Bonchev–Trinajstić information content (AvgIpc) is 2.30. The molecule has 0 saturated heterocycles. The molecule has 0 spiro atoms. The van der Waals surface area contributed by atoms with Crippen molar-refractivity contribution >= 4 is 11.9 Å². The Morgan fingerprint density at radius 1 is 0.824 bits per heavy atom. The van der Waals surface area contributed by atoms with Crippen molar-refractivity contribution in [3.05, 3.63) is 24.3 Å². The average molecular weight is 240 g/mol. The first-order valence-electron chi connectivity index (χ1n) is 5.81. The summed E-state index contributed by atoms with van der Waals surface area (Å²) in [5, 5.41) is 0. The van der Waals surface area contributed by atoms with Crippen molar-refractivity contribution in [2.75, 3.05) is 13.2 Å². The van der Waals surface area contributed by atoms with E-state index in [9.17, 15) is 9.59 Å². The number of carbonyl (C=O) groups is 2. The molecule has 0 unspecified atom stereocenters. The van der Waals surface area contributed by atoms with E-state index in [4.69, 9.17) is 9.47 Å². The standard InChI is InChI=1S/C13H20O4/c1-3-5-7-9-16-12(14)11-13(15)17-10-8-6-4-2/h5-8H,3-4,9-11H2,1-2H3. The van der Waals surface area contributed by atoms with Crippen LogP contribution in [-0.4, -0.2) is 25.2 Å². The van der Waals surface area contributed by atoms with Crippen molar-refractivity contribution in [1.29, 1.82) is 0 Å². The molecule has 0 aromatic carbocycles. The summed E-state index contributed by atoms with van der Waals surface area (Å²) in [7, 11) is 0. The molecular weight excluding hydrogens is 220 g/mol. The molecule has 0 rings (SSSR count). The van der Waals surface area contributed by atoms with Gasteiger partial charge >= 0.3 is 11.9 Å². The zero-order valence-corrected chi connectivity index (χ0v) is 10.5. The molecule has 0 aromatic rings. The fourth-order valence-corrected chi connectivity index (χ4v) is 0.971. The highest BCUT2D eigenvalue weighted by molar-refractivity contribution is 5.91. The lowest BCUT2D eigenvalue weighted by Gasteiger charge is -2.02. The Labute approximate surface area is 102 Å². The van der Waals surface area contributed by atoms with Crippen LogP contribution in [0.4, 0.5) is 0 Å². The predicted octanol–water partition coefficient (Wildman–Crippen LogP) is 2.40. The van der Waals surface area contributed by atoms with Crippen LogP contribution in [0.1, 0.15) is 33.1 Å². The van der Waals surface area contributed by atoms with E-state index in [1.807, 2.05) is 26.0 Å². The fourth-order valence-electron chi connectivity index (χ4n) is 0.971. The Hall–Kier alpha value is -1.58. The number of rotatable bonds is 8. The first kappa shape index (κ1) is 15.4. The van der Waals surface area contributed by atoms with Gasteiger partial charge < -0.3 is 9.47 Å². The van der Waals surface area contributed by atoms with Gasteiger partial charge in [-0.25, -0.2) is 0 Å². The SMILES string of the molecule is CCC=CCOC(=O)CC(=O)OCC=CCC. The number of ether oxygens (including phenoxy) is 2. The number of hydrogen-bond donors (Lipinski definition) is 0. The van der Waals surface area contributed by atoms with Gasteiger partial charge in [0.05, 0.1) is 0 Å². The monoisotopic (exact) mass is 240 g/mol. The van der Waals surface area contributed by atoms with Crippen LogP contribution in [0.25, 0.3) is 0 Å². The van der Waals surface area contributed by atoms with Crippen molar-refractivity contribution in [3.8, 4) is 0 Å². The second-order valence-corrected chi connectivity index (χ2v) is 3.30. The van der Waals surface area contributed by atoms with Crippen LogP contribution in [0, 0.1) is 0 Å². The maximum atomic E-state index is 11.1. The Morgan fingerprint density at radius 2 is 1.24 bits per heavy atom. The minimum Gasteiger partial charge on any atom is -0.461 e. The molecule has 0 amide bonds. The van der Waals surface area contributed by atoms with Gasteiger partial charge in [0.25, 0.3) is 0 Å². The highest BCUT2D eigenvalue weighted by atomic mass is 16.6. The molecule has 0 fully saturated rings. The van der Waals surface area contributed by atoms with Crippen molar-refractivity contribution in [1.82, 2.24) is 0 Å². The lowest BCUT2D eigenvalue weighted by molar-refractivity contribution is -0.153. The molecule has 0 aliphatic heterocycles. The lowest BCUT2D eigenvalue weighted by Crippen LogP contribution is -2.14. The van der Waals surface area contributed by atoms with Crippen LogP contribution in [-0.2, 0) is 19.1 Å². The maximum absolute atomic E-state index is 11.1. The van der Waals surface area contributed by atoms with Gasteiger partial charge in [-0.05, 0) is 12.8 Å². The van der Waals surface area contributed by atoms with Crippen LogP contribution in [0.2, 0.25) is 0 Å². The molecule has 0 atom stereocenters. The molecule has 17 heavy (non-hydrogen) atoms. The van der Waals surface area contributed by atoms with Crippen molar-refractivity contribution in [3.63, 3.8) is 0 Å². The maximum Gasteiger partial charge on any atom is 0.317 e. The second-order valence-electron chi connectivity index (χ2n) is 3.30. The van der Waals surface area contributed by atoms with Crippen molar-refractivity contribution < 1.29 is 19.1 Å². The third-order valence-corrected chi connectivity index (χ3v) is 1.77.